The van der Waals surface area contributed by atoms with E-state index < -0.39 is 6.17 Å². The lowest BCUT2D eigenvalue weighted by molar-refractivity contribution is 0.0284. The molecule has 6 atom stereocenters. The Kier molecular flexibility index (Phi) is 4.78. The molecule has 2 unspecified atom stereocenters. The van der Waals surface area contributed by atoms with Gasteiger partial charge in [0.2, 0.25) is 0 Å². The fourth-order valence-corrected chi connectivity index (χ4v) is 6.43. The number of rotatable bonds is 3. The first-order valence-electron chi connectivity index (χ1n) is 10.9. The minimum Gasteiger partial charge on any atom is -0.497 e. The molecule has 2 nitrogen and oxygen atoms in total. The van der Waals surface area contributed by atoms with Crippen LogP contribution < -0.4 is 10.1 Å². The van der Waals surface area contributed by atoms with E-state index in [1.54, 1.807) is 7.11 Å². The molecular weight excluding hydrogens is 349 g/mol. The van der Waals surface area contributed by atoms with Gasteiger partial charge in [-0.2, -0.15) is 0 Å². The van der Waals surface area contributed by atoms with Crippen LogP contribution in [0.1, 0.15) is 49.1 Å². The number of methoxy groups -OCH3 is 1. The minimum atomic E-state index is -0.682. The molecule has 3 aliphatic rings. The molecule has 3 heteroatoms. The molecule has 0 saturated heterocycles. The van der Waals surface area contributed by atoms with Crippen LogP contribution in [0.15, 0.2) is 48.5 Å². The highest BCUT2D eigenvalue weighted by atomic mass is 19.1. The molecule has 2 aromatic carbocycles. The first kappa shape index (κ1) is 18.0. The Balaban J connectivity index is 1.39. The van der Waals surface area contributed by atoms with E-state index in [2.05, 4.69) is 47.8 Å². The third-order valence-electron chi connectivity index (χ3n) is 7.60. The molecule has 0 amide bonds. The molecular formula is C25H30FNO. The van der Waals surface area contributed by atoms with E-state index in [0.29, 0.717) is 30.1 Å². The first-order valence-corrected chi connectivity index (χ1v) is 10.9. The Morgan fingerprint density at radius 3 is 2.61 bits per heavy atom. The van der Waals surface area contributed by atoms with Crippen LogP contribution in [0.25, 0.3) is 0 Å². The maximum atomic E-state index is 14.8. The van der Waals surface area contributed by atoms with Gasteiger partial charge >= 0.3 is 0 Å². The summed E-state index contributed by atoms with van der Waals surface area (Å²) in [6.45, 7) is 0. The smallest absolute Gasteiger partial charge is 0.119 e. The highest BCUT2D eigenvalue weighted by molar-refractivity contribution is 5.44. The zero-order valence-corrected chi connectivity index (χ0v) is 16.6. The van der Waals surface area contributed by atoms with Crippen LogP contribution in [0.4, 0.5) is 10.1 Å². The summed E-state index contributed by atoms with van der Waals surface area (Å²) in [7, 11) is 1.74. The summed E-state index contributed by atoms with van der Waals surface area (Å²) < 4.78 is 20.2. The standard InChI is InChI=1S/C25H30FNO/c1-28-19-8-10-20-16(13-19)7-9-22-21(20)11-12-23-24(22)14-17(26)15-25(23)27-18-5-3-2-4-6-18/h2-6,8,10,13,17,21-25,27H,7,9,11-12,14-15H2,1H3/t17?,21-,22-,23+,24+,25?/m1/s1. The van der Waals surface area contributed by atoms with E-state index in [0.717, 1.165) is 24.3 Å². The number of alkyl halides is 1. The number of aryl methyl sites for hydroxylation is 1. The Hall–Kier alpha value is -2.03. The number of fused-ring (bicyclic) bond motifs is 5. The lowest BCUT2D eigenvalue weighted by Crippen LogP contribution is -2.49. The number of ether oxygens (including phenoxy) is 1. The lowest BCUT2D eigenvalue weighted by Gasteiger charge is -2.52. The monoisotopic (exact) mass is 379 g/mol. The van der Waals surface area contributed by atoms with Crippen molar-refractivity contribution in [1.82, 2.24) is 0 Å². The average molecular weight is 380 g/mol. The van der Waals surface area contributed by atoms with Gasteiger partial charge in [0.25, 0.3) is 0 Å². The second-order valence-electron chi connectivity index (χ2n) is 8.96. The van der Waals surface area contributed by atoms with Crippen molar-refractivity contribution in [2.24, 2.45) is 17.8 Å². The predicted octanol–water partition coefficient (Wildman–Crippen LogP) is 5.98. The summed E-state index contributed by atoms with van der Waals surface area (Å²) in [5.74, 6) is 3.27. The molecule has 0 radical (unpaired) electrons. The molecule has 2 saturated carbocycles. The van der Waals surface area contributed by atoms with Gasteiger partial charge in [0.05, 0.1) is 7.11 Å². The van der Waals surface area contributed by atoms with E-state index >= 15 is 0 Å². The summed E-state index contributed by atoms with van der Waals surface area (Å²) in [5.41, 5.74) is 4.08. The van der Waals surface area contributed by atoms with Crippen LogP contribution in [0.3, 0.4) is 0 Å². The zero-order chi connectivity index (χ0) is 19.1. The van der Waals surface area contributed by atoms with Crippen molar-refractivity contribution in [3.8, 4) is 5.75 Å². The number of para-hydroxylation sites is 1. The predicted molar refractivity (Wildman–Crippen MR) is 112 cm³/mol. The van der Waals surface area contributed by atoms with Gasteiger partial charge in [0.1, 0.15) is 11.9 Å². The van der Waals surface area contributed by atoms with Gasteiger partial charge in [-0.3, -0.25) is 0 Å². The van der Waals surface area contributed by atoms with Crippen molar-refractivity contribution in [3.05, 3.63) is 59.7 Å². The Bertz CT molecular complexity index is 823. The number of nitrogens with one attached hydrogen (secondary N) is 1. The maximum absolute atomic E-state index is 14.8. The van der Waals surface area contributed by atoms with Crippen molar-refractivity contribution < 1.29 is 9.13 Å². The number of benzene rings is 2. The molecule has 28 heavy (non-hydrogen) atoms. The Morgan fingerprint density at radius 1 is 0.929 bits per heavy atom. The molecule has 0 aliphatic heterocycles. The van der Waals surface area contributed by atoms with E-state index in [4.69, 9.17) is 4.74 Å². The highest BCUT2D eigenvalue weighted by Gasteiger charge is 2.48. The third-order valence-corrected chi connectivity index (χ3v) is 7.60. The topological polar surface area (TPSA) is 21.3 Å². The third kappa shape index (κ3) is 3.19. The normalized spacial score (nSPS) is 33.9. The number of hydrogen-bond donors (Lipinski definition) is 1. The summed E-state index contributed by atoms with van der Waals surface area (Å²) in [6.07, 6.45) is 5.45. The SMILES string of the molecule is COc1ccc2c(c1)CC[C@H]1[C@@H]3CC(F)CC(Nc4ccccc4)[C@H]3CC[C@H]21. The molecule has 5 rings (SSSR count). The molecule has 0 bridgehead atoms. The average Bonchev–Trinajstić information content (AvgIpc) is 2.73. The lowest BCUT2D eigenvalue weighted by atomic mass is 9.55. The summed E-state index contributed by atoms with van der Waals surface area (Å²) >= 11 is 0. The molecule has 0 spiro atoms. The molecule has 0 heterocycles. The molecule has 0 aromatic heterocycles. The van der Waals surface area contributed by atoms with Gasteiger partial charge in [0.15, 0.2) is 0 Å². The number of hydrogen-bond acceptors (Lipinski definition) is 2. The van der Waals surface area contributed by atoms with E-state index in [9.17, 15) is 4.39 Å². The van der Waals surface area contributed by atoms with Gasteiger partial charge in [-0.1, -0.05) is 24.3 Å². The molecule has 2 aromatic rings. The van der Waals surface area contributed by atoms with Gasteiger partial charge in [-0.05, 0) is 97.6 Å². The van der Waals surface area contributed by atoms with Crippen LogP contribution in [-0.4, -0.2) is 19.3 Å². The van der Waals surface area contributed by atoms with Crippen molar-refractivity contribution in [2.45, 2.75) is 56.7 Å². The van der Waals surface area contributed by atoms with Crippen LogP contribution in [0, 0.1) is 17.8 Å². The van der Waals surface area contributed by atoms with Crippen molar-refractivity contribution >= 4 is 5.69 Å². The summed E-state index contributed by atoms with van der Waals surface area (Å²) in [4.78, 5) is 0. The zero-order valence-electron chi connectivity index (χ0n) is 16.6. The van der Waals surface area contributed by atoms with Crippen molar-refractivity contribution in [2.75, 3.05) is 12.4 Å². The fraction of sp³-hybridized carbons (Fsp3) is 0.520. The van der Waals surface area contributed by atoms with Gasteiger partial charge in [0, 0.05) is 11.7 Å². The summed E-state index contributed by atoms with van der Waals surface area (Å²) in [5, 5.41) is 3.68. The van der Waals surface area contributed by atoms with Crippen LogP contribution in [-0.2, 0) is 6.42 Å². The Labute approximate surface area is 167 Å². The maximum Gasteiger partial charge on any atom is 0.119 e. The number of halogens is 1. The van der Waals surface area contributed by atoms with Crippen LogP contribution >= 0.6 is 0 Å². The Morgan fingerprint density at radius 2 is 1.79 bits per heavy atom. The minimum absolute atomic E-state index is 0.259. The largest absolute Gasteiger partial charge is 0.497 e. The van der Waals surface area contributed by atoms with E-state index in [-0.39, 0.29) is 6.04 Å². The second-order valence-corrected chi connectivity index (χ2v) is 8.96. The van der Waals surface area contributed by atoms with Gasteiger partial charge in [-0.15, -0.1) is 0 Å². The highest BCUT2D eigenvalue weighted by Crippen LogP contribution is 2.55. The fourth-order valence-electron chi connectivity index (χ4n) is 6.43. The van der Waals surface area contributed by atoms with Crippen molar-refractivity contribution in [3.63, 3.8) is 0 Å². The first-order chi connectivity index (χ1) is 13.7. The van der Waals surface area contributed by atoms with Crippen LogP contribution in [0.2, 0.25) is 0 Å². The van der Waals surface area contributed by atoms with Gasteiger partial charge in [-0.25, -0.2) is 4.39 Å². The quantitative estimate of drug-likeness (QED) is 0.708. The summed E-state index contributed by atoms with van der Waals surface area (Å²) in [6, 6.07) is 17.2. The van der Waals surface area contributed by atoms with Crippen molar-refractivity contribution in [1.29, 1.82) is 0 Å². The van der Waals surface area contributed by atoms with Gasteiger partial charge < -0.3 is 10.1 Å². The van der Waals surface area contributed by atoms with Crippen LogP contribution in [0.5, 0.6) is 5.75 Å². The van der Waals surface area contributed by atoms with E-state index in [1.165, 1.54) is 30.4 Å². The molecule has 148 valence electrons. The molecule has 3 aliphatic carbocycles. The second kappa shape index (κ2) is 7.42. The molecule has 1 N–H and O–H groups in total. The molecule has 2 fully saturated rings. The van der Waals surface area contributed by atoms with E-state index in [1.807, 2.05) is 6.07 Å². The number of anilines is 1.